The van der Waals surface area contributed by atoms with Crippen molar-refractivity contribution in [1.82, 2.24) is 14.5 Å². The minimum Gasteiger partial charge on any atom is -0.493 e. The second-order valence-electron chi connectivity index (χ2n) is 9.54. The molecule has 5 aromatic rings. The molecule has 0 unspecified atom stereocenters. The summed E-state index contributed by atoms with van der Waals surface area (Å²) in [6.07, 6.45) is 12.1. The van der Waals surface area contributed by atoms with Gasteiger partial charge >= 0.3 is 10.2 Å². The number of fused-ring (bicyclic) bond motifs is 4. The van der Waals surface area contributed by atoms with Gasteiger partial charge in [-0.2, -0.15) is 8.42 Å². The third-order valence-corrected chi connectivity index (χ3v) is 8.10. The van der Waals surface area contributed by atoms with Crippen molar-refractivity contribution < 1.29 is 17.0 Å². The molecule has 0 amide bonds. The molecule has 2 aromatic carbocycles. The zero-order chi connectivity index (χ0) is 26.6. The quantitative estimate of drug-likeness (QED) is 0.228. The highest BCUT2D eigenvalue weighted by molar-refractivity contribution is 7.86. The normalized spacial score (nSPS) is 14.4. The number of nitrogens with one attached hydrogen (secondary N) is 1. The number of pyridine rings is 2. The van der Waals surface area contributed by atoms with Crippen LogP contribution in [0.5, 0.6) is 5.75 Å². The Hall–Kier alpha value is -4.16. The Kier molecular flexibility index (Phi) is 5.73. The van der Waals surface area contributed by atoms with E-state index in [0.717, 1.165) is 42.8 Å². The maximum atomic E-state index is 14.0. The Morgan fingerprint density at radius 1 is 1.16 bits per heavy atom. The van der Waals surface area contributed by atoms with Crippen LogP contribution in [0.2, 0.25) is 0 Å². The smallest absolute Gasteiger partial charge is 0.333 e. The lowest BCUT2D eigenvalue weighted by Gasteiger charge is -2.21. The molecule has 1 aliphatic rings. The van der Waals surface area contributed by atoms with Gasteiger partial charge in [-0.25, -0.2) is 0 Å². The molecule has 192 valence electrons. The molecule has 38 heavy (non-hydrogen) atoms. The number of hydrogen-bond donors (Lipinski definition) is 1. The van der Waals surface area contributed by atoms with Gasteiger partial charge in [0.05, 0.1) is 22.9 Å². The van der Waals surface area contributed by atoms with E-state index in [0.29, 0.717) is 51.0 Å². The fraction of sp³-hybridized carbons (Fsp3) is 0.241. The topological polar surface area (TPSA) is 94.1 Å². The molecule has 0 atom stereocenters. The number of terminal acetylenes is 1. The van der Waals surface area contributed by atoms with Crippen molar-refractivity contribution in [2.24, 2.45) is 0 Å². The molecule has 1 saturated carbocycles. The van der Waals surface area contributed by atoms with E-state index in [1.807, 2.05) is 31.2 Å². The van der Waals surface area contributed by atoms with Gasteiger partial charge in [0.1, 0.15) is 16.3 Å². The first-order chi connectivity index (χ1) is 18.3. The Labute approximate surface area is 218 Å². The molecule has 1 aliphatic carbocycles. The van der Waals surface area contributed by atoms with Gasteiger partial charge in [0, 0.05) is 46.0 Å². The van der Waals surface area contributed by atoms with Crippen LogP contribution >= 0.6 is 0 Å². The summed E-state index contributed by atoms with van der Waals surface area (Å²) in [5, 5.41) is 1.87. The molecule has 3 aromatic heterocycles. The summed E-state index contributed by atoms with van der Waals surface area (Å²) in [5.74, 6) is 3.03. The van der Waals surface area contributed by atoms with Crippen LogP contribution in [-0.2, 0) is 10.2 Å². The van der Waals surface area contributed by atoms with Crippen LogP contribution in [0.4, 0.5) is 3.89 Å². The van der Waals surface area contributed by atoms with Gasteiger partial charge in [0.15, 0.2) is 5.43 Å². The van der Waals surface area contributed by atoms with Crippen LogP contribution in [0.25, 0.3) is 44.0 Å². The summed E-state index contributed by atoms with van der Waals surface area (Å²) >= 11 is 0. The van der Waals surface area contributed by atoms with Crippen LogP contribution in [0, 0.1) is 12.3 Å². The first kappa shape index (κ1) is 24.2. The highest BCUT2D eigenvalue weighted by atomic mass is 32.3. The van der Waals surface area contributed by atoms with Gasteiger partial charge in [-0.1, -0.05) is 24.8 Å². The number of ether oxygens (including phenoxy) is 1. The van der Waals surface area contributed by atoms with Crippen molar-refractivity contribution in [2.45, 2.75) is 43.5 Å². The van der Waals surface area contributed by atoms with Gasteiger partial charge in [-0.15, -0.1) is 10.3 Å². The van der Waals surface area contributed by atoms with Gasteiger partial charge in [0.2, 0.25) is 0 Å². The van der Waals surface area contributed by atoms with Gasteiger partial charge < -0.3 is 14.3 Å². The predicted molar refractivity (Wildman–Crippen MR) is 146 cm³/mol. The Morgan fingerprint density at radius 3 is 2.66 bits per heavy atom. The molecule has 7 nitrogen and oxygen atoms in total. The fourth-order valence-corrected chi connectivity index (χ4v) is 6.08. The summed E-state index contributed by atoms with van der Waals surface area (Å²) in [4.78, 5) is 20.9. The van der Waals surface area contributed by atoms with Crippen LogP contribution in [-0.4, -0.2) is 29.6 Å². The lowest BCUT2D eigenvalue weighted by molar-refractivity contribution is 0.342. The summed E-state index contributed by atoms with van der Waals surface area (Å²) in [7, 11) is -4.96. The van der Waals surface area contributed by atoms with E-state index < -0.39 is 15.1 Å². The SMILES string of the molecule is C#Cc1ccc2c(c1)[nH]c1c2c(=O)c2cc(OCC)c(-c3cncc(S(=O)(=O)F)c3)cc2n1C1CCCC1. The molecule has 0 bridgehead atoms. The van der Waals surface area contributed by atoms with Crippen molar-refractivity contribution >= 4 is 43.1 Å². The lowest BCUT2D eigenvalue weighted by atomic mass is 10.0. The average Bonchev–Trinajstić information content (AvgIpc) is 3.56. The van der Waals surface area contributed by atoms with E-state index in [1.165, 1.54) is 12.3 Å². The molecular weight excluding hydrogens is 505 g/mol. The van der Waals surface area contributed by atoms with Gasteiger partial charge in [-0.05, 0) is 50.1 Å². The summed E-state index contributed by atoms with van der Waals surface area (Å²) in [6.45, 7) is 2.13. The molecule has 0 saturated heterocycles. The monoisotopic (exact) mass is 529 g/mol. The molecular formula is C29H24FN3O4S. The molecule has 6 rings (SSSR count). The van der Waals surface area contributed by atoms with Crippen molar-refractivity contribution in [3.63, 3.8) is 0 Å². The molecule has 3 heterocycles. The molecule has 0 spiro atoms. The molecule has 1 fully saturated rings. The molecule has 1 N–H and O–H groups in total. The van der Waals surface area contributed by atoms with E-state index in [-0.39, 0.29) is 11.5 Å². The number of benzene rings is 2. The summed E-state index contributed by atoms with van der Waals surface area (Å²) < 4.78 is 45.1. The Balaban J connectivity index is 1.75. The maximum absolute atomic E-state index is 14.0. The van der Waals surface area contributed by atoms with Crippen molar-refractivity contribution in [3.8, 4) is 29.2 Å². The van der Waals surface area contributed by atoms with E-state index >= 15 is 0 Å². The van der Waals surface area contributed by atoms with Crippen molar-refractivity contribution in [2.75, 3.05) is 6.61 Å². The number of aromatic nitrogens is 3. The highest BCUT2D eigenvalue weighted by Gasteiger charge is 2.25. The third kappa shape index (κ3) is 3.84. The van der Waals surface area contributed by atoms with E-state index in [1.54, 1.807) is 6.07 Å². The highest BCUT2D eigenvalue weighted by Crippen LogP contribution is 2.40. The Morgan fingerprint density at radius 2 is 1.95 bits per heavy atom. The fourth-order valence-electron chi connectivity index (χ4n) is 5.63. The number of halogens is 1. The zero-order valence-electron chi connectivity index (χ0n) is 20.6. The van der Waals surface area contributed by atoms with Crippen molar-refractivity contribution in [3.05, 3.63) is 64.6 Å². The zero-order valence-corrected chi connectivity index (χ0v) is 21.4. The predicted octanol–water partition coefficient (Wildman–Crippen LogP) is 5.85. The van der Waals surface area contributed by atoms with Crippen LogP contribution in [0.15, 0.2) is 58.5 Å². The first-order valence-electron chi connectivity index (χ1n) is 12.5. The number of aromatic amines is 1. The molecule has 0 radical (unpaired) electrons. The summed E-state index contributed by atoms with van der Waals surface area (Å²) in [5.41, 5.74) is 3.64. The minimum absolute atomic E-state index is 0.144. The number of nitrogens with zero attached hydrogens (tertiary/aromatic N) is 2. The standard InChI is InChI=1S/C29H24FN3O4S/c1-3-17-9-10-21-24(11-17)32-29-27(21)28(34)23-14-26(37-4-2)22(13-25(23)33(29)19-7-5-6-8-19)18-12-20(16-31-15-18)38(30,35)36/h1,9-16,19,32H,4-8H2,2H3. The van der Waals surface area contributed by atoms with Gasteiger partial charge in [0.25, 0.3) is 0 Å². The molecule has 0 aliphatic heterocycles. The van der Waals surface area contributed by atoms with Gasteiger partial charge in [-0.3, -0.25) is 9.78 Å². The Bertz CT molecular complexity index is 1960. The lowest BCUT2D eigenvalue weighted by Crippen LogP contribution is -2.15. The van der Waals surface area contributed by atoms with Crippen LogP contribution in [0.1, 0.15) is 44.2 Å². The largest absolute Gasteiger partial charge is 0.493 e. The van der Waals surface area contributed by atoms with E-state index in [4.69, 9.17) is 11.2 Å². The number of hydrogen-bond acceptors (Lipinski definition) is 5. The number of H-pyrrole nitrogens is 1. The second-order valence-corrected chi connectivity index (χ2v) is 10.9. The maximum Gasteiger partial charge on any atom is 0.333 e. The third-order valence-electron chi connectivity index (χ3n) is 7.31. The first-order valence-corrected chi connectivity index (χ1v) is 13.9. The van der Waals surface area contributed by atoms with Crippen LogP contribution in [0.3, 0.4) is 0 Å². The van der Waals surface area contributed by atoms with E-state index in [2.05, 4.69) is 20.5 Å². The van der Waals surface area contributed by atoms with Crippen molar-refractivity contribution in [1.29, 1.82) is 0 Å². The average molecular weight is 530 g/mol. The summed E-state index contributed by atoms with van der Waals surface area (Å²) in [6, 6.07) is 10.5. The molecule has 9 heteroatoms. The minimum atomic E-state index is -4.96. The number of rotatable bonds is 5. The van der Waals surface area contributed by atoms with Crippen LogP contribution < -0.4 is 10.2 Å². The van der Waals surface area contributed by atoms with E-state index in [9.17, 15) is 17.1 Å². The second kappa shape index (κ2) is 8.99.